The molecule has 0 N–H and O–H groups in total. The molecule has 0 aromatic heterocycles. The first kappa shape index (κ1) is 44.3. The van der Waals surface area contributed by atoms with Gasteiger partial charge in [-0.2, -0.15) is 0 Å². The van der Waals surface area contributed by atoms with Crippen LogP contribution in [-0.4, -0.2) is 0 Å². The highest BCUT2D eigenvalue weighted by Gasteiger charge is 2.04. The van der Waals surface area contributed by atoms with E-state index >= 15 is 0 Å². The van der Waals surface area contributed by atoms with Crippen molar-refractivity contribution in [3.8, 4) is 0 Å². The molecule has 0 saturated heterocycles. The standard InChI is InChI=1S/C44H86O/c1-5-9-11-13-15-17-19-21-23-25-27-29-31-33-35-37-39-41-43(7-3)45-44(8-4)42-40-38-36-34-32-30-28-26-24-22-20-18-16-14-12-10-6-2/h7-8H,5-6,9-42H2,1-4H3. The summed E-state index contributed by atoms with van der Waals surface area (Å²) in [5, 5.41) is 0. The van der Waals surface area contributed by atoms with Crippen LogP contribution in [0.3, 0.4) is 0 Å². The zero-order chi connectivity index (χ0) is 32.7. The van der Waals surface area contributed by atoms with E-state index in [1.165, 1.54) is 230 Å². The number of allylic oxidation sites excluding steroid dienone is 4. The zero-order valence-electron chi connectivity index (χ0n) is 32.0. The summed E-state index contributed by atoms with van der Waals surface area (Å²) in [7, 11) is 0. The SMILES string of the molecule is CC=C(CCCCCCCCCCCCCCCCCCC)OC(=CC)CCCCCCCCCCCCCCCCCCC. The van der Waals surface area contributed by atoms with Gasteiger partial charge in [-0.1, -0.05) is 219 Å². The Bertz CT molecular complexity index is 550. The van der Waals surface area contributed by atoms with Crippen LogP contribution < -0.4 is 0 Å². The van der Waals surface area contributed by atoms with Crippen LogP contribution in [-0.2, 0) is 4.74 Å². The molecule has 0 unspecified atom stereocenters. The van der Waals surface area contributed by atoms with Crippen LogP contribution in [0.4, 0.5) is 0 Å². The van der Waals surface area contributed by atoms with Crippen molar-refractivity contribution in [2.75, 3.05) is 0 Å². The highest BCUT2D eigenvalue weighted by atomic mass is 16.5. The quantitative estimate of drug-likeness (QED) is 0.0487. The van der Waals surface area contributed by atoms with Crippen LogP contribution in [0.15, 0.2) is 23.7 Å². The molecule has 0 aliphatic heterocycles. The van der Waals surface area contributed by atoms with Crippen LogP contribution >= 0.6 is 0 Å². The van der Waals surface area contributed by atoms with Gasteiger partial charge in [0.1, 0.15) is 0 Å². The van der Waals surface area contributed by atoms with E-state index in [-0.39, 0.29) is 0 Å². The van der Waals surface area contributed by atoms with Gasteiger partial charge in [0.15, 0.2) is 0 Å². The van der Waals surface area contributed by atoms with Gasteiger partial charge in [-0.3, -0.25) is 0 Å². The fraction of sp³-hybridized carbons (Fsp3) is 0.909. The third-order valence-corrected chi connectivity index (χ3v) is 9.96. The summed E-state index contributed by atoms with van der Waals surface area (Å²) in [5.74, 6) is 2.38. The second-order valence-electron chi connectivity index (χ2n) is 14.4. The van der Waals surface area contributed by atoms with E-state index < -0.39 is 0 Å². The van der Waals surface area contributed by atoms with Crippen LogP contribution in [0.1, 0.15) is 259 Å². The van der Waals surface area contributed by atoms with Gasteiger partial charge < -0.3 is 4.74 Å². The summed E-state index contributed by atoms with van der Waals surface area (Å²) >= 11 is 0. The Labute approximate surface area is 286 Å². The zero-order valence-corrected chi connectivity index (χ0v) is 32.0. The molecule has 0 atom stereocenters. The second-order valence-corrected chi connectivity index (χ2v) is 14.4. The predicted octanol–water partition coefficient (Wildman–Crippen LogP) is 16.9. The highest BCUT2D eigenvalue weighted by Crippen LogP contribution is 2.21. The van der Waals surface area contributed by atoms with E-state index in [0.717, 1.165) is 12.8 Å². The van der Waals surface area contributed by atoms with Crippen molar-refractivity contribution in [1.29, 1.82) is 0 Å². The van der Waals surface area contributed by atoms with Crippen LogP contribution in [0, 0.1) is 0 Å². The summed E-state index contributed by atoms with van der Waals surface area (Å²) in [6, 6.07) is 0. The molecule has 0 saturated carbocycles. The lowest BCUT2D eigenvalue weighted by Crippen LogP contribution is -1.95. The van der Waals surface area contributed by atoms with Crippen molar-refractivity contribution >= 4 is 0 Å². The van der Waals surface area contributed by atoms with Gasteiger partial charge in [-0.25, -0.2) is 0 Å². The maximum Gasteiger partial charge on any atom is 0.0993 e. The molecule has 0 aromatic carbocycles. The largest absolute Gasteiger partial charge is 0.467 e. The summed E-state index contributed by atoms with van der Waals surface area (Å²) in [6.45, 7) is 8.90. The highest BCUT2D eigenvalue weighted by molar-refractivity contribution is 5.00. The molecule has 0 bridgehead atoms. The number of ether oxygens (including phenoxy) is 1. The molecular formula is C44H86O. The maximum absolute atomic E-state index is 6.33. The van der Waals surface area contributed by atoms with E-state index in [1.54, 1.807) is 0 Å². The van der Waals surface area contributed by atoms with Gasteiger partial charge in [0.2, 0.25) is 0 Å². The molecule has 0 fully saturated rings. The predicted molar refractivity (Wildman–Crippen MR) is 206 cm³/mol. The van der Waals surface area contributed by atoms with Crippen LogP contribution in [0.5, 0.6) is 0 Å². The van der Waals surface area contributed by atoms with Crippen LogP contribution in [0.25, 0.3) is 0 Å². The van der Waals surface area contributed by atoms with E-state index in [2.05, 4.69) is 39.8 Å². The average molecular weight is 631 g/mol. The first-order valence-electron chi connectivity index (χ1n) is 21.3. The molecule has 1 heteroatoms. The molecule has 0 radical (unpaired) electrons. The van der Waals surface area contributed by atoms with Crippen molar-refractivity contribution in [3.63, 3.8) is 0 Å². The Morgan fingerprint density at radius 3 is 0.644 bits per heavy atom. The van der Waals surface area contributed by atoms with Gasteiger partial charge in [0, 0.05) is 12.8 Å². The van der Waals surface area contributed by atoms with Crippen molar-refractivity contribution in [2.45, 2.75) is 259 Å². The lowest BCUT2D eigenvalue weighted by atomic mass is 10.0. The van der Waals surface area contributed by atoms with Crippen molar-refractivity contribution in [2.24, 2.45) is 0 Å². The minimum atomic E-state index is 1.10. The second kappa shape index (κ2) is 39.5. The molecule has 0 spiro atoms. The van der Waals surface area contributed by atoms with Crippen molar-refractivity contribution in [3.05, 3.63) is 23.7 Å². The molecule has 1 nitrogen and oxygen atoms in total. The molecule has 0 heterocycles. The van der Waals surface area contributed by atoms with Gasteiger partial charge >= 0.3 is 0 Å². The van der Waals surface area contributed by atoms with Gasteiger partial charge in [-0.05, 0) is 38.8 Å². The summed E-state index contributed by atoms with van der Waals surface area (Å²) in [4.78, 5) is 0. The molecule has 0 rings (SSSR count). The van der Waals surface area contributed by atoms with E-state index in [0.29, 0.717) is 0 Å². The number of unbranched alkanes of at least 4 members (excludes halogenated alkanes) is 32. The summed E-state index contributed by atoms with van der Waals surface area (Å²) in [6.07, 6.45) is 55.2. The normalized spacial score (nSPS) is 12.4. The number of hydrogen-bond donors (Lipinski definition) is 0. The summed E-state index contributed by atoms with van der Waals surface area (Å²) in [5.41, 5.74) is 0. The Hall–Kier alpha value is -0.720. The smallest absolute Gasteiger partial charge is 0.0993 e. The van der Waals surface area contributed by atoms with Crippen molar-refractivity contribution in [1.82, 2.24) is 0 Å². The molecule has 0 aliphatic rings. The third-order valence-electron chi connectivity index (χ3n) is 9.96. The molecule has 268 valence electrons. The van der Waals surface area contributed by atoms with Gasteiger partial charge in [0.25, 0.3) is 0 Å². The van der Waals surface area contributed by atoms with E-state index in [1.807, 2.05) is 0 Å². The topological polar surface area (TPSA) is 9.23 Å². The molecule has 45 heavy (non-hydrogen) atoms. The lowest BCUT2D eigenvalue weighted by molar-refractivity contribution is 0.269. The van der Waals surface area contributed by atoms with Gasteiger partial charge in [-0.15, -0.1) is 0 Å². The first-order chi connectivity index (χ1) is 22.3. The molecular weight excluding hydrogens is 544 g/mol. The minimum absolute atomic E-state index is 1.10. The average Bonchev–Trinajstić information content (AvgIpc) is 3.06. The Morgan fingerprint density at radius 2 is 0.467 bits per heavy atom. The fourth-order valence-electron chi connectivity index (χ4n) is 6.73. The Morgan fingerprint density at radius 1 is 0.289 bits per heavy atom. The Kier molecular flexibility index (Phi) is 38.8. The molecule has 0 aromatic rings. The molecule has 0 amide bonds. The minimum Gasteiger partial charge on any atom is -0.467 e. The number of hydrogen-bond acceptors (Lipinski definition) is 1. The summed E-state index contributed by atoms with van der Waals surface area (Å²) < 4.78 is 6.33. The van der Waals surface area contributed by atoms with E-state index in [4.69, 9.17) is 4.74 Å². The van der Waals surface area contributed by atoms with Crippen LogP contribution in [0.2, 0.25) is 0 Å². The first-order valence-corrected chi connectivity index (χ1v) is 21.3. The Balaban J connectivity index is 3.49. The van der Waals surface area contributed by atoms with Gasteiger partial charge in [0.05, 0.1) is 11.5 Å². The fourth-order valence-corrected chi connectivity index (χ4v) is 6.73. The lowest BCUT2D eigenvalue weighted by Gasteiger charge is -2.13. The maximum atomic E-state index is 6.33. The number of rotatable bonds is 38. The third kappa shape index (κ3) is 36.0. The van der Waals surface area contributed by atoms with E-state index in [9.17, 15) is 0 Å². The molecule has 0 aliphatic carbocycles. The van der Waals surface area contributed by atoms with Crippen molar-refractivity contribution < 1.29 is 4.74 Å². The monoisotopic (exact) mass is 631 g/mol.